The van der Waals surface area contributed by atoms with Crippen LogP contribution in [0, 0.1) is 10.1 Å². The van der Waals surface area contributed by atoms with Crippen molar-refractivity contribution in [2.24, 2.45) is 0 Å². The van der Waals surface area contributed by atoms with Crippen molar-refractivity contribution >= 4 is 40.7 Å². The van der Waals surface area contributed by atoms with Crippen LogP contribution < -0.4 is 0 Å². The molecule has 2 heterocycles. The number of likely N-dealkylation sites (N-methyl/N-ethyl adjacent to an activating group) is 1. The maximum Gasteiger partial charge on any atom is 0.270 e. The summed E-state index contributed by atoms with van der Waals surface area (Å²) < 4.78 is 5.52. The van der Waals surface area contributed by atoms with Crippen LogP contribution in [-0.2, 0) is 4.79 Å². The third-order valence-corrected chi connectivity index (χ3v) is 6.57. The third-order valence-electron chi connectivity index (χ3n) is 6.02. The number of carbonyl (C=O) groups is 2. The Morgan fingerprint density at radius 1 is 1.22 bits per heavy atom. The normalized spacial score (nSPS) is 15.5. The average Bonchev–Trinajstić information content (AvgIpc) is 3.37. The molecular formula is C24H23Cl2N5O5. The third kappa shape index (κ3) is 5.50. The van der Waals surface area contributed by atoms with E-state index in [9.17, 15) is 19.7 Å². The van der Waals surface area contributed by atoms with Crippen molar-refractivity contribution in [3.8, 4) is 11.4 Å². The van der Waals surface area contributed by atoms with Crippen molar-refractivity contribution in [3.05, 3.63) is 74.1 Å². The van der Waals surface area contributed by atoms with Crippen molar-refractivity contribution in [2.45, 2.75) is 32.2 Å². The van der Waals surface area contributed by atoms with Crippen LogP contribution in [0.3, 0.4) is 0 Å². The number of nitrogens with zero attached hydrogens (tertiary/aromatic N) is 5. The maximum absolute atomic E-state index is 13.3. The van der Waals surface area contributed by atoms with Gasteiger partial charge in [-0.2, -0.15) is 4.98 Å². The lowest BCUT2D eigenvalue weighted by Gasteiger charge is -2.35. The minimum atomic E-state index is -0.590. The topological polar surface area (TPSA) is 123 Å². The highest BCUT2D eigenvalue weighted by Gasteiger charge is 2.34. The van der Waals surface area contributed by atoms with Crippen LogP contribution in [-0.4, -0.2) is 56.3 Å². The standard InChI is InChI=1S/C24H23Cl2N5O5/c1-2-29(24(33)18-10-9-17(31(34)35)13-19(18)26)14-21(32)30-11-4-3-8-20(30)23-27-22(28-36-23)15-6-5-7-16(25)12-15/h5-7,9-10,12-13,20H,2-4,8,11,14H2,1H3. The zero-order valence-electron chi connectivity index (χ0n) is 19.4. The van der Waals surface area contributed by atoms with Crippen molar-refractivity contribution in [3.63, 3.8) is 0 Å². The van der Waals surface area contributed by atoms with Gasteiger partial charge in [0.15, 0.2) is 0 Å². The van der Waals surface area contributed by atoms with Gasteiger partial charge in [-0.3, -0.25) is 19.7 Å². The van der Waals surface area contributed by atoms with Crippen molar-refractivity contribution in [1.82, 2.24) is 19.9 Å². The number of hydrogen-bond donors (Lipinski definition) is 0. The number of carbonyl (C=O) groups excluding carboxylic acids is 2. The van der Waals surface area contributed by atoms with E-state index in [1.54, 1.807) is 30.0 Å². The molecule has 188 valence electrons. The van der Waals surface area contributed by atoms with Crippen molar-refractivity contribution < 1.29 is 19.0 Å². The summed E-state index contributed by atoms with van der Waals surface area (Å²) in [7, 11) is 0. The van der Waals surface area contributed by atoms with Crippen LogP contribution in [0.2, 0.25) is 10.0 Å². The molecular weight excluding hydrogens is 509 g/mol. The SMILES string of the molecule is CCN(CC(=O)N1CCCCC1c1nc(-c2cccc(Cl)c2)no1)C(=O)c1ccc([N+](=O)[O-])cc1Cl. The molecule has 0 N–H and O–H groups in total. The van der Waals surface area contributed by atoms with E-state index in [1.165, 1.54) is 17.0 Å². The Hall–Kier alpha value is -3.50. The molecule has 1 aliphatic heterocycles. The number of aromatic nitrogens is 2. The van der Waals surface area contributed by atoms with Gasteiger partial charge < -0.3 is 14.3 Å². The van der Waals surface area contributed by atoms with Gasteiger partial charge in [0.1, 0.15) is 12.6 Å². The number of non-ortho nitro benzene ring substituents is 1. The van der Waals surface area contributed by atoms with E-state index in [0.717, 1.165) is 18.9 Å². The second-order valence-electron chi connectivity index (χ2n) is 8.31. The number of likely N-dealkylation sites (tertiary alicyclic amines) is 1. The molecule has 1 aliphatic rings. The highest BCUT2D eigenvalue weighted by molar-refractivity contribution is 6.34. The Labute approximate surface area is 216 Å². The summed E-state index contributed by atoms with van der Waals surface area (Å²) in [6.45, 7) is 2.29. The summed E-state index contributed by atoms with van der Waals surface area (Å²) in [5, 5.41) is 15.5. The summed E-state index contributed by atoms with van der Waals surface area (Å²) in [4.78, 5) is 44.3. The summed E-state index contributed by atoms with van der Waals surface area (Å²) in [5.41, 5.74) is 0.577. The molecule has 0 spiro atoms. The Kier molecular flexibility index (Phi) is 7.85. The van der Waals surface area contributed by atoms with E-state index in [4.69, 9.17) is 27.7 Å². The zero-order valence-corrected chi connectivity index (χ0v) is 20.9. The van der Waals surface area contributed by atoms with Gasteiger partial charge in [-0.25, -0.2) is 0 Å². The maximum atomic E-state index is 13.3. The van der Waals surface area contributed by atoms with Crippen molar-refractivity contribution in [1.29, 1.82) is 0 Å². The molecule has 1 saturated heterocycles. The Morgan fingerprint density at radius 3 is 2.72 bits per heavy atom. The van der Waals surface area contributed by atoms with Crippen molar-refractivity contribution in [2.75, 3.05) is 19.6 Å². The first kappa shape index (κ1) is 25.6. The number of piperidine rings is 1. The lowest BCUT2D eigenvalue weighted by molar-refractivity contribution is -0.384. The van der Waals surface area contributed by atoms with Gasteiger partial charge in [0.2, 0.25) is 17.6 Å². The second kappa shape index (κ2) is 11.0. The van der Waals surface area contributed by atoms with Gasteiger partial charge in [-0.15, -0.1) is 0 Å². The largest absolute Gasteiger partial charge is 0.337 e. The smallest absolute Gasteiger partial charge is 0.270 e. The molecule has 2 aromatic carbocycles. The van der Waals surface area contributed by atoms with Crippen LogP contribution in [0.1, 0.15) is 48.5 Å². The predicted molar refractivity (Wildman–Crippen MR) is 133 cm³/mol. The molecule has 1 aromatic heterocycles. The highest BCUT2D eigenvalue weighted by Crippen LogP contribution is 2.32. The van der Waals surface area contributed by atoms with Gasteiger partial charge in [0.05, 0.1) is 15.5 Å². The molecule has 1 atom stereocenters. The average molecular weight is 532 g/mol. The summed E-state index contributed by atoms with van der Waals surface area (Å²) in [5.74, 6) is -0.0507. The Balaban J connectivity index is 1.51. The molecule has 1 unspecified atom stereocenters. The number of hydrogen-bond acceptors (Lipinski definition) is 7. The van der Waals surface area contributed by atoms with Crippen LogP contribution in [0.25, 0.3) is 11.4 Å². The lowest BCUT2D eigenvalue weighted by Crippen LogP contribution is -2.46. The summed E-state index contributed by atoms with van der Waals surface area (Å²) >= 11 is 12.2. The second-order valence-corrected chi connectivity index (χ2v) is 9.15. The van der Waals surface area contributed by atoms with Gasteiger partial charge in [0, 0.05) is 35.8 Å². The van der Waals surface area contributed by atoms with E-state index in [2.05, 4.69) is 10.1 Å². The number of rotatable bonds is 7. The molecule has 4 rings (SSSR count). The van der Waals surface area contributed by atoms with E-state index >= 15 is 0 Å². The molecule has 0 radical (unpaired) electrons. The van der Waals surface area contributed by atoms with E-state index in [1.807, 2.05) is 6.07 Å². The van der Waals surface area contributed by atoms with Gasteiger partial charge in [0.25, 0.3) is 11.6 Å². The molecule has 0 aliphatic carbocycles. The number of halogens is 2. The first-order chi connectivity index (χ1) is 17.3. The van der Waals surface area contributed by atoms with Gasteiger partial charge in [-0.05, 0) is 44.4 Å². The minimum absolute atomic E-state index is 0.0460. The molecule has 0 saturated carbocycles. The molecule has 3 aromatic rings. The number of nitro groups is 1. The Morgan fingerprint density at radius 2 is 2.03 bits per heavy atom. The molecule has 0 bridgehead atoms. The fraction of sp³-hybridized carbons (Fsp3) is 0.333. The first-order valence-corrected chi connectivity index (χ1v) is 12.2. The molecule has 36 heavy (non-hydrogen) atoms. The van der Waals surface area contributed by atoms with Gasteiger partial charge in [-0.1, -0.05) is 40.5 Å². The monoisotopic (exact) mass is 531 g/mol. The molecule has 2 amide bonds. The first-order valence-electron chi connectivity index (χ1n) is 11.4. The lowest BCUT2D eigenvalue weighted by atomic mass is 10.0. The Bertz CT molecular complexity index is 1300. The van der Waals surface area contributed by atoms with E-state index in [0.29, 0.717) is 35.3 Å². The van der Waals surface area contributed by atoms with Crippen LogP contribution in [0.4, 0.5) is 5.69 Å². The minimum Gasteiger partial charge on any atom is -0.337 e. The summed E-state index contributed by atoms with van der Waals surface area (Å²) in [6.07, 6.45) is 2.35. The molecule has 12 heteroatoms. The number of benzene rings is 2. The number of amides is 2. The van der Waals surface area contributed by atoms with Crippen LogP contribution in [0.5, 0.6) is 0 Å². The quantitative estimate of drug-likeness (QED) is 0.304. The molecule has 1 fully saturated rings. The van der Waals surface area contributed by atoms with Crippen LogP contribution >= 0.6 is 23.2 Å². The number of nitro benzene ring substituents is 1. The fourth-order valence-corrected chi connectivity index (χ4v) is 4.59. The van der Waals surface area contributed by atoms with Crippen LogP contribution in [0.15, 0.2) is 47.0 Å². The van der Waals surface area contributed by atoms with E-state index in [-0.39, 0.29) is 35.3 Å². The zero-order chi connectivity index (χ0) is 25.8. The molecule has 10 nitrogen and oxygen atoms in total. The highest BCUT2D eigenvalue weighted by atomic mass is 35.5. The fourth-order valence-electron chi connectivity index (χ4n) is 4.14. The predicted octanol–water partition coefficient (Wildman–Crippen LogP) is 5.17. The van der Waals surface area contributed by atoms with E-state index < -0.39 is 16.9 Å². The summed E-state index contributed by atoms with van der Waals surface area (Å²) in [6, 6.07) is 10.3. The van der Waals surface area contributed by atoms with Gasteiger partial charge >= 0.3 is 0 Å².